The number of aryl methyl sites for hydroxylation is 1. The predicted molar refractivity (Wildman–Crippen MR) is 122 cm³/mol. The number of rotatable bonds is 5. The molecular formula is C25H29N3O3. The van der Waals surface area contributed by atoms with E-state index < -0.39 is 0 Å². The number of hydrogen-bond acceptors (Lipinski definition) is 5. The van der Waals surface area contributed by atoms with Crippen LogP contribution in [0.5, 0.6) is 5.75 Å². The van der Waals surface area contributed by atoms with E-state index in [-0.39, 0.29) is 11.8 Å². The molecule has 0 aliphatic carbocycles. The molecule has 0 saturated carbocycles. The monoisotopic (exact) mass is 419 g/mol. The van der Waals surface area contributed by atoms with Crippen LogP contribution >= 0.6 is 0 Å². The summed E-state index contributed by atoms with van der Waals surface area (Å²) in [5.41, 5.74) is 5.55. The van der Waals surface area contributed by atoms with Crippen molar-refractivity contribution in [3.8, 4) is 5.75 Å². The van der Waals surface area contributed by atoms with E-state index in [1.54, 1.807) is 7.05 Å². The zero-order valence-electron chi connectivity index (χ0n) is 18.6. The van der Waals surface area contributed by atoms with Gasteiger partial charge in [0.2, 0.25) is 0 Å². The van der Waals surface area contributed by atoms with E-state index >= 15 is 0 Å². The van der Waals surface area contributed by atoms with Crippen LogP contribution in [0, 0.1) is 13.8 Å². The van der Waals surface area contributed by atoms with E-state index in [1.807, 2.05) is 31.2 Å². The van der Waals surface area contributed by atoms with Gasteiger partial charge in [0.05, 0.1) is 12.2 Å². The van der Waals surface area contributed by atoms with Crippen molar-refractivity contribution in [2.24, 2.45) is 0 Å². The highest BCUT2D eigenvalue weighted by molar-refractivity contribution is 6.35. The topological polar surface area (TPSA) is 53.1 Å². The number of piperazine rings is 1. The maximum absolute atomic E-state index is 13.0. The second-order valence-electron chi connectivity index (χ2n) is 8.04. The Morgan fingerprint density at radius 3 is 2.16 bits per heavy atom. The van der Waals surface area contributed by atoms with E-state index in [0.717, 1.165) is 24.4 Å². The number of ether oxygens (including phenoxy) is 1. The minimum Gasteiger partial charge on any atom is -0.494 e. The van der Waals surface area contributed by atoms with Crippen LogP contribution in [0.4, 0.5) is 5.69 Å². The third kappa shape index (κ3) is 3.78. The van der Waals surface area contributed by atoms with Crippen LogP contribution in [-0.4, -0.2) is 61.4 Å². The maximum Gasteiger partial charge on any atom is 0.277 e. The van der Waals surface area contributed by atoms with Crippen LogP contribution in [0.1, 0.15) is 23.6 Å². The molecule has 2 amide bonds. The molecule has 2 aliphatic heterocycles. The van der Waals surface area contributed by atoms with Crippen molar-refractivity contribution in [3.05, 3.63) is 64.9 Å². The van der Waals surface area contributed by atoms with Gasteiger partial charge in [0, 0.05) is 38.9 Å². The summed E-state index contributed by atoms with van der Waals surface area (Å²) in [6.07, 6.45) is 0. The van der Waals surface area contributed by atoms with Crippen molar-refractivity contribution in [1.82, 2.24) is 9.80 Å². The lowest BCUT2D eigenvalue weighted by Crippen LogP contribution is -2.47. The van der Waals surface area contributed by atoms with Crippen LogP contribution in [0.3, 0.4) is 0 Å². The van der Waals surface area contributed by atoms with E-state index in [4.69, 9.17) is 4.74 Å². The van der Waals surface area contributed by atoms with Crippen molar-refractivity contribution < 1.29 is 14.3 Å². The van der Waals surface area contributed by atoms with Crippen molar-refractivity contribution >= 4 is 23.1 Å². The van der Waals surface area contributed by atoms with Gasteiger partial charge in [0.15, 0.2) is 0 Å². The first-order valence-electron chi connectivity index (χ1n) is 10.8. The van der Waals surface area contributed by atoms with Gasteiger partial charge in [0.25, 0.3) is 11.8 Å². The molecule has 0 bridgehead atoms. The zero-order valence-corrected chi connectivity index (χ0v) is 18.6. The van der Waals surface area contributed by atoms with Crippen molar-refractivity contribution in [2.45, 2.75) is 20.8 Å². The highest BCUT2D eigenvalue weighted by Crippen LogP contribution is 2.33. The molecule has 4 rings (SSSR count). The van der Waals surface area contributed by atoms with Crippen molar-refractivity contribution in [2.75, 3.05) is 44.7 Å². The summed E-state index contributed by atoms with van der Waals surface area (Å²) in [5, 5.41) is 0. The first-order chi connectivity index (χ1) is 14.9. The van der Waals surface area contributed by atoms with Crippen LogP contribution < -0.4 is 9.64 Å². The number of benzene rings is 2. The summed E-state index contributed by atoms with van der Waals surface area (Å²) in [5.74, 6) is 0.274. The summed E-state index contributed by atoms with van der Waals surface area (Å²) >= 11 is 0. The Morgan fingerprint density at radius 2 is 1.52 bits per heavy atom. The summed E-state index contributed by atoms with van der Waals surface area (Å²) < 4.78 is 5.51. The molecule has 2 aromatic rings. The van der Waals surface area contributed by atoms with Gasteiger partial charge in [-0.15, -0.1) is 0 Å². The summed E-state index contributed by atoms with van der Waals surface area (Å²) in [7, 11) is 1.55. The van der Waals surface area contributed by atoms with Gasteiger partial charge in [-0.2, -0.15) is 0 Å². The molecule has 6 nitrogen and oxygen atoms in total. The summed E-state index contributed by atoms with van der Waals surface area (Å²) in [6, 6.07) is 13.8. The van der Waals surface area contributed by atoms with E-state index in [1.165, 1.54) is 21.7 Å². The highest BCUT2D eigenvalue weighted by atomic mass is 16.5. The Kier molecular flexibility index (Phi) is 5.72. The fourth-order valence-corrected chi connectivity index (χ4v) is 4.31. The molecule has 162 valence electrons. The van der Waals surface area contributed by atoms with Crippen LogP contribution in [0.25, 0.3) is 5.57 Å². The first-order valence-corrected chi connectivity index (χ1v) is 10.8. The number of carbonyl (C=O) groups is 2. The second-order valence-corrected chi connectivity index (χ2v) is 8.04. The Bertz CT molecular complexity index is 1030. The number of carbonyl (C=O) groups excluding carboxylic acids is 2. The minimum absolute atomic E-state index is 0.228. The lowest BCUT2D eigenvalue weighted by atomic mass is 10.0. The first kappa shape index (κ1) is 21.0. The predicted octanol–water partition coefficient (Wildman–Crippen LogP) is 3.23. The smallest absolute Gasteiger partial charge is 0.277 e. The summed E-state index contributed by atoms with van der Waals surface area (Å²) in [4.78, 5) is 31.6. The van der Waals surface area contributed by atoms with E-state index in [0.29, 0.717) is 31.0 Å². The molecule has 31 heavy (non-hydrogen) atoms. The van der Waals surface area contributed by atoms with E-state index in [2.05, 4.69) is 41.8 Å². The Morgan fingerprint density at radius 1 is 0.871 bits per heavy atom. The largest absolute Gasteiger partial charge is 0.494 e. The molecule has 0 N–H and O–H groups in total. The van der Waals surface area contributed by atoms with Gasteiger partial charge < -0.3 is 14.5 Å². The molecule has 0 atom stereocenters. The number of hydrogen-bond donors (Lipinski definition) is 0. The molecular weight excluding hydrogens is 390 g/mol. The van der Waals surface area contributed by atoms with Crippen molar-refractivity contribution in [3.63, 3.8) is 0 Å². The SMILES string of the molecule is CCOc1ccc(C2=C(N3CCN(c4cccc(C)c4C)CC3)C(=O)N(C)C2=O)cc1. The Hall–Kier alpha value is -3.28. The number of likely N-dealkylation sites (N-methyl/N-ethyl adjacent to an activating group) is 1. The molecule has 2 aromatic carbocycles. The average Bonchev–Trinajstić information content (AvgIpc) is 3.01. The van der Waals surface area contributed by atoms with Crippen molar-refractivity contribution in [1.29, 1.82) is 0 Å². The normalized spacial score (nSPS) is 17.1. The Balaban J connectivity index is 1.61. The number of anilines is 1. The van der Waals surface area contributed by atoms with E-state index in [9.17, 15) is 9.59 Å². The van der Waals surface area contributed by atoms with Gasteiger partial charge >= 0.3 is 0 Å². The third-order valence-corrected chi connectivity index (χ3v) is 6.23. The summed E-state index contributed by atoms with van der Waals surface area (Å²) in [6.45, 7) is 9.77. The van der Waals surface area contributed by atoms with Crippen LogP contribution in [0.15, 0.2) is 48.2 Å². The van der Waals surface area contributed by atoms with Gasteiger partial charge in [-0.25, -0.2) is 0 Å². The van der Waals surface area contributed by atoms with Gasteiger partial charge in [-0.3, -0.25) is 14.5 Å². The maximum atomic E-state index is 13.0. The average molecular weight is 420 g/mol. The van der Waals surface area contributed by atoms with Crippen LogP contribution in [0.2, 0.25) is 0 Å². The molecule has 2 aliphatic rings. The highest BCUT2D eigenvalue weighted by Gasteiger charge is 2.40. The number of amides is 2. The van der Waals surface area contributed by atoms with Gasteiger partial charge in [-0.1, -0.05) is 24.3 Å². The fourth-order valence-electron chi connectivity index (χ4n) is 4.31. The molecule has 1 saturated heterocycles. The molecule has 0 unspecified atom stereocenters. The molecule has 6 heteroatoms. The van der Waals surface area contributed by atoms with Gasteiger partial charge in [0.1, 0.15) is 11.4 Å². The fraction of sp³-hybridized carbons (Fsp3) is 0.360. The zero-order chi connectivity index (χ0) is 22.1. The quantitative estimate of drug-likeness (QED) is 0.697. The minimum atomic E-state index is -0.249. The molecule has 0 spiro atoms. The molecule has 2 heterocycles. The molecule has 1 fully saturated rings. The lowest BCUT2D eigenvalue weighted by molar-refractivity contribution is -0.135. The number of imide groups is 1. The lowest BCUT2D eigenvalue weighted by Gasteiger charge is -2.38. The standard InChI is InChI=1S/C25H29N3O3/c1-5-31-20-11-9-19(10-12-20)22-23(25(30)26(4)24(22)29)28-15-13-27(14-16-28)21-8-6-7-17(2)18(21)3/h6-12H,5,13-16H2,1-4H3. The third-order valence-electron chi connectivity index (χ3n) is 6.23. The van der Waals surface area contributed by atoms with Crippen LogP contribution in [-0.2, 0) is 9.59 Å². The molecule has 0 aromatic heterocycles. The second kappa shape index (κ2) is 8.46. The number of nitrogens with zero attached hydrogens (tertiary/aromatic N) is 3. The molecule has 0 radical (unpaired) electrons. The Labute approximate surface area is 183 Å². The van der Waals surface area contributed by atoms with Gasteiger partial charge in [-0.05, 0) is 55.7 Å².